The van der Waals surface area contributed by atoms with E-state index in [4.69, 9.17) is 14.1 Å². The molecule has 3 heterocycles. The molecule has 0 aliphatic heterocycles. The number of ether oxygens (including phenoxy) is 1. The van der Waals surface area contributed by atoms with Crippen LogP contribution in [0.2, 0.25) is 0 Å². The largest absolute Gasteiger partial charge is 1.00 e. The Morgan fingerprint density at radius 3 is 2.86 bits per heavy atom. The van der Waals surface area contributed by atoms with E-state index in [9.17, 15) is 0 Å². The normalized spacial score (nSPS) is 15.9. The summed E-state index contributed by atoms with van der Waals surface area (Å²) in [4.78, 5) is 7.65. The molecule has 4 aromatic rings. The number of aromatic nitrogens is 1. The van der Waals surface area contributed by atoms with Crippen LogP contribution in [0.15, 0.2) is 53.1 Å². The van der Waals surface area contributed by atoms with Crippen LogP contribution in [0.25, 0.3) is 32.8 Å². The van der Waals surface area contributed by atoms with Crippen LogP contribution in [0.3, 0.4) is 0 Å². The van der Waals surface area contributed by atoms with Crippen molar-refractivity contribution in [3.8, 4) is 28.3 Å². The Kier molecular flexibility index (Phi) is 5.17. The lowest BCUT2D eigenvalue weighted by Gasteiger charge is -2.18. The Bertz CT molecular complexity index is 1120. The van der Waals surface area contributed by atoms with Gasteiger partial charge in [0.2, 0.25) is 0 Å². The zero-order valence-electron chi connectivity index (χ0n) is 15.9. The van der Waals surface area contributed by atoms with Crippen LogP contribution in [0.5, 0.6) is 5.75 Å². The van der Waals surface area contributed by atoms with Gasteiger partial charge >= 0.3 is 0 Å². The summed E-state index contributed by atoms with van der Waals surface area (Å²) in [6.07, 6.45) is 5.27. The summed E-state index contributed by atoms with van der Waals surface area (Å²) in [5.74, 6) is 2.49. The Balaban J connectivity index is 0.00000192. The fraction of sp³-hybridized carbons (Fsp3) is 0.261. The third-order valence-corrected chi connectivity index (χ3v) is 6.57. The Morgan fingerprint density at radius 2 is 2.07 bits per heavy atom. The number of pyridine rings is 1. The first kappa shape index (κ1) is 19.0. The highest BCUT2D eigenvalue weighted by Gasteiger charge is 2.24. The SMILES string of the molecule is COc1cccc(-c2cc(-c3ccco3)c3c4c(sc3n2)CC(C)CC4)c1.[Cl-]. The Labute approximate surface area is 174 Å². The molecule has 1 aromatic carbocycles. The zero-order valence-corrected chi connectivity index (χ0v) is 17.4. The van der Waals surface area contributed by atoms with Crippen molar-refractivity contribution in [3.63, 3.8) is 0 Å². The number of halogens is 1. The monoisotopic (exact) mass is 410 g/mol. The van der Waals surface area contributed by atoms with Crippen LogP contribution in [0, 0.1) is 5.92 Å². The van der Waals surface area contributed by atoms with Crippen molar-refractivity contribution in [3.05, 3.63) is 59.2 Å². The van der Waals surface area contributed by atoms with Gasteiger partial charge in [0.1, 0.15) is 16.3 Å². The lowest BCUT2D eigenvalue weighted by molar-refractivity contribution is -0.00000614. The van der Waals surface area contributed by atoms with Gasteiger partial charge in [-0.3, -0.25) is 0 Å². The second-order valence-electron chi connectivity index (χ2n) is 7.30. The van der Waals surface area contributed by atoms with Crippen molar-refractivity contribution >= 4 is 21.6 Å². The standard InChI is InChI=1S/C23H21NO2S.ClH/c1-14-8-9-17-21(11-14)27-23-22(17)18(20-7-4-10-26-20)13-19(24-23)15-5-3-6-16(12-15)25-2;/h3-7,10,12-14H,8-9,11H2,1-2H3;1H/p-1. The lowest BCUT2D eigenvalue weighted by Crippen LogP contribution is -3.00. The van der Waals surface area contributed by atoms with Crippen molar-refractivity contribution < 1.29 is 21.6 Å². The molecule has 0 bridgehead atoms. The Hall–Kier alpha value is -2.30. The van der Waals surface area contributed by atoms with E-state index in [0.29, 0.717) is 0 Å². The first-order valence-corrected chi connectivity index (χ1v) is 10.2. The molecule has 144 valence electrons. The molecule has 1 aliphatic carbocycles. The van der Waals surface area contributed by atoms with Crippen molar-refractivity contribution in [2.45, 2.75) is 26.2 Å². The number of benzene rings is 1. The molecular formula is C23H21ClNO2S-. The summed E-state index contributed by atoms with van der Waals surface area (Å²) >= 11 is 1.85. The fourth-order valence-corrected chi connectivity index (χ4v) is 5.41. The van der Waals surface area contributed by atoms with Crippen molar-refractivity contribution in [1.29, 1.82) is 0 Å². The molecule has 0 amide bonds. The molecule has 0 fully saturated rings. The smallest absolute Gasteiger partial charge is 0.134 e. The highest BCUT2D eigenvalue weighted by molar-refractivity contribution is 7.19. The van der Waals surface area contributed by atoms with Gasteiger partial charge in [0, 0.05) is 21.4 Å². The number of thiophene rings is 1. The third-order valence-electron chi connectivity index (χ3n) is 5.42. The van der Waals surface area contributed by atoms with E-state index in [2.05, 4.69) is 19.1 Å². The van der Waals surface area contributed by atoms with Crippen LogP contribution in [-0.2, 0) is 12.8 Å². The molecule has 5 heteroatoms. The quantitative estimate of drug-likeness (QED) is 0.519. The maximum absolute atomic E-state index is 5.80. The van der Waals surface area contributed by atoms with Gasteiger partial charge in [-0.2, -0.15) is 0 Å². The van der Waals surface area contributed by atoms with Crippen LogP contribution in [0.1, 0.15) is 23.8 Å². The van der Waals surface area contributed by atoms with E-state index < -0.39 is 0 Å². The van der Waals surface area contributed by atoms with Gasteiger partial charge in [-0.05, 0) is 61.1 Å². The van der Waals surface area contributed by atoms with E-state index in [1.54, 1.807) is 13.4 Å². The molecule has 0 N–H and O–H groups in total. The van der Waals surface area contributed by atoms with Gasteiger partial charge in [-0.15, -0.1) is 11.3 Å². The summed E-state index contributed by atoms with van der Waals surface area (Å²) < 4.78 is 11.2. The lowest BCUT2D eigenvalue weighted by atomic mass is 9.88. The van der Waals surface area contributed by atoms with Crippen LogP contribution >= 0.6 is 11.3 Å². The number of aryl methyl sites for hydroxylation is 1. The van der Waals surface area contributed by atoms with Crippen LogP contribution in [-0.4, -0.2) is 12.1 Å². The molecule has 1 unspecified atom stereocenters. The second kappa shape index (κ2) is 7.61. The summed E-state index contributed by atoms with van der Waals surface area (Å²) in [6.45, 7) is 2.34. The van der Waals surface area contributed by atoms with Gasteiger partial charge < -0.3 is 21.6 Å². The number of hydrogen-bond acceptors (Lipinski definition) is 4. The first-order valence-electron chi connectivity index (χ1n) is 9.36. The molecule has 0 radical (unpaired) electrons. The van der Waals surface area contributed by atoms with Crippen molar-refractivity contribution in [1.82, 2.24) is 4.98 Å². The van der Waals surface area contributed by atoms with E-state index in [1.807, 2.05) is 41.7 Å². The average molecular weight is 411 g/mol. The summed E-state index contributed by atoms with van der Waals surface area (Å²) in [7, 11) is 1.69. The fourth-order valence-electron chi connectivity index (χ4n) is 4.00. The summed E-state index contributed by atoms with van der Waals surface area (Å²) in [5.41, 5.74) is 4.64. The first-order chi connectivity index (χ1) is 13.2. The van der Waals surface area contributed by atoms with Gasteiger partial charge in [0.25, 0.3) is 0 Å². The molecule has 28 heavy (non-hydrogen) atoms. The van der Waals surface area contributed by atoms with Gasteiger partial charge in [-0.1, -0.05) is 19.1 Å². The summed E-state index contributed by atoms with van der Waals surface area (Å²) in [5, 5.41) is 1.28. The number of fused-ring (bicyclic) bond motifs is 3. The molecule has 0 spiro atoms. The average Bonchev–Trinajstić information content (AvgIpc) is 3.34. The van der Waals surface area contributed by atoms with Gasteiger partial charge in [0.15, 0.2) is 0 Å². The minimum absolute atomic E-state index is 0. The highest BCUT2D eigenvalue weighted by atomic mass is 35.5. The maximum Gasteiger partial charge on any atom is 0.134 e. The number of nitrogens with zero attached hydrogens (tertiary/aromatic N) is 1. The predicted octanol–water partition coefficient (Wildman–Crippen LogP) is 3.36. The van der Waals surface area contributed by atoms with E-state index in [-0.39, 0.29) is 12.4 Å². The van der Waals surface area contributed by atoms with Crippen molar-refractivity contribution in [2.24, 2.45) is 5.92 Å². The molecule has 1 atom stereocenters. The minimum atomic E-state index is 0. The molecule has 3 aromatic heterocycles. The molecule has 3 nitrogen and oxygen atoms in total. The number of furan rings is 1. The number of rotatable bonds is 3. The molecule has 5 rings (SSSR count). The van der Waals surface area contributed by atoms with Crippen molar-refractivity contribution in [2.75, 3.05) is 7.11 Å². The molecule has 0 saturated heterocycles. The molecule has 1 aliphatic rings. The van der Waals surface area contributed by atoms with E-state index in [1.165, 1.54) is 22.2 Å². The third kappa shape index (κ3) is 3.21. The summed E-state index contributed by atoms with van der Waals surface area (Å²) in [6, 6.07) is 14.2. The van der Waals surface area contributed by atoms with E-state index in [0.717, 1.165) is 51.9 Å². The Morgan fingerprint density at radius 1 is 1.18 bits per heavy atom. The van der Waals surface area contributed by atoms with Gasteiger partial charge in [0.05, 0.1) is 19.1 Å². The topological polar surface area (TPSA) is 35.3 Å². The zero-order chi connectivity index (χ0) is 18.4. The molecule has 0 saturated carbocycles. The maximum atomic E-state index is 5.80. The molecular weight excluding hydrogens is 390 g/mol. The van der Waals surface area contributed by atoms with Crippen LogP contribution in [0.4, 0.5) is 0 Å². The number of methoxy groups -OCH3 is 1. The van der Waals surface area contributed by atoms with Gasteiger partial charge in [-0.25, -0.2) is 4.98 Å². The number of hydrogen-bond donors (Lipinski definition) is 0. The highest BCUT2D eigenvalue weighted by Crippen LogP contribution is 2.43. The second-order valence-corrected chi connectivity index (χ2v) is 8.38. The minimum Gasteiger partial charge on any atom is -1.00 e. The predicted molar refractivity (Wildman–Crippen MR) is 110 cm³/mol. The van der Waals surface area contributed by atoms with Crippen LogP contribution < -0.4 is 17.1 Å². The van der Waals surface area contributed by atoms with E-state index >= 15 is 0 Å².